The molecule has 8 aromatic carbocycles. The molecule has 1 aliphatic carbocycles. The molecule has 11 aromatic rings. The van der Waals surface area contributed by atoms with Crippen molar-refractivity contribution in [2.45, 2.75) is 19.3 Å². The van der Waals surface area contributed by atoms with E-state index in [0.717, 1.165) is 60.7 Å². The number of hydrogen-bond donors (Lipinski definition) is 0. The first kappa shape index (κ1) is 33.6. The number of rotatable bonds is 5. The molecule has 3 heterocycles. The highest BCUT2D eigenvalue weighted by molar-refractivity contribution is 6.19. The highest BCUT2D eigenvalue weighted by Crippen LogP contribution is 2.53. The van der Waals surface area contributed by atoms with Gasteiger partial charge >= 0.3 is 0 Å². The Morgan fingerprint density at radius 2 is 1.19 bits per heavy atom. The van der Waals surface area contributed by atoms with Gasteiger partial charge in [-0.05, 0) is 104 Å². The zero-order chi connectivity index (χ0) is 39.7. The molecule has 0 amide bonds. The third-order valence-corrected chi connectivity index (χ3v) is 13.2. The van der Waals surface area contributed by atoms with Crippen LogP contribution in [0.2, 0.25) is 0 Å². The van der Waals surface area contributed by atoms with Crippen molar-refractivity contribution in [2.75, 3.05) is 0 Å². The Morgan fingerprint density at radius 3 is 2.03 bits per heavy atom. The second kappa shape index (κ2) is 12.0. The summed E-state index contributed by atoms with van der Waals surface area (Å²) in [5.74, 6) is 0. The zero-order valence-corrected chi connectivity index (χ0v) is 32.9. The van der Waals surface area contributed by atoms with Crippen LogP contribution >= 0.6 is 0 Å². The van der Waals surface area contributed by atoms with Gasteiger partial charge in [0.2, 0.25) is 0 Å². The van der Waals surface area contributed by atoms with Gasteiger partial charge in [-0.2, -0.15) is 0 Å². The molecule has 12 rings (SSSR count). The molecular weight excluding hydrogens is 717 g/mol. The fourth-order valence-corrected chi connectivity index (χ4v) is 10.4. The summed E-state index contributed by atoms with van der Waals surface area (Å²) in [6.07, 6.45) is 3.45. The van der Waals surface area contributed by atoms with E-state index in [-0.39, 0.29) is 11.0 Å². The van der Waals surface area contributed by atoms with Crippen molar-refractivity contribution >= 4 is 71.9 Å². The maximum absolute atomic E-state index is 14.1. The van der Waals surface area contributed by atoms with E-state index in [1.165, 1.54) is 54.8 Å². The number of para-hydroxylation sites is 1. The molecule has 0 radical (unpaired) electrons. The SMILES string of the molecule is C=Cc1c(C=C)c2cc(-c3ccccc3)cc3c4cc(-c5ccc6cc(-n7c8ccccc8c8ccc9c(c87)-c7ccccc7C9(C)C)ccc6c5)ccc4n(c1=O)c23. The molecule has 0 fully saturated rings. The van der Waals surface area contributed by atoms with Crippen LogP contribution in [0.4, 0.5) is 0 Å². The van der Waals surface area contributed by atoms with Crippen molar-refractivity contribution in [1.29, 1.82) is 0 Å². The second-order valence-corrected chi connectivity index (χ2v) is 16.5. The van der Waals surface area contributed by atoms with Crippen molar-refractivity contribution in [3.05, 3.63) is 203 Å². The van der Waals surface area contributed by atoms with Gasteiger partial charge in [-0.15, -0.1) is 0 Å². The van der Waals surface area contributed by atoms with Gasteiger partial charge in [-0.25, -0.2) is 0 Å². The minimum absolute atomic E-state index is 0.0785. The monoisotopic (exact) mass is 754 g/mol. The molecule has 0 spiro atoms. The lowest BCUT2D eigenvalue weighted by Crippen LogP contribution is -2.17. The third-order valence-electron chi connectivity index (χ3n) is 13.2. The first-order chi connectivity index (χ1) is 28.9. The summed E-state index contributed by atoms with van der Waals surface area (Å²) in [6.45, 7) is 12.8. The summed E-state index contributed by atoms with van der Waals surface area (Å²) in [7, 11) is 0. The van der Waals surface area contributed by atoms with Crippen molar-refractivity contribution in [2.24, 2.45) is 0 Å². The second-order valence-electron chi connectivity index (χ2n) is 16.5. The zero-order valence-electron chi connectivity index (χ0n) is 32.9. The Bertz CT molecular complexity index is 3690. The molecule has 0 saturated carbocycles. The van der Waals surface area contributed by atoms with E-state index in [1.807, 2.05) is 10.5 Å². The summed E-state index contributed by atoms with van der Waals surface area (Å²) in [4.78, 5) is 14.1. The van der Waals surface area contributed by atoms with Crippen LogP contribution in [0.5, 0.6) is 0 Å². The maximum Gasteiger partial charge on any atom is 0.263 e. The summed E-state index contributed by atoms with van der Waals surface area (Å²) >= 11 is 0. The number of hydrogen-bond acceptors (Lipinski definition) is 1. The topological polar surface area (TPSA) is 26.4 Å². The maximum atomic E-state index is 14.1. The van der Waals surface area contributed by atoms with Gasteiger partial charge in [-0.1, -0.05) is 148 Å². The quantitative estimate of drug-likeness (QED) is 0.172. The molecule has 59 heavy (non-hydrogen) atoms. The molecule has 278 valence electrons. The molecule has 0 unspecified atom stereocenters. The average Bonchev–Trinajstić information content (AvgIpc) is 3.88. The van der Waals surface area contributed by atoms with Crippen molar-refractivity contribution in [3.8, 4) is 39.1 Å². The third kappa shape index (κ3) is 4.50. The first-order valence-electron chi connectivity index (χ1n) is 20.3. The summed E-state index contributed by atoms with van der Waals surface area (Å²) < 4.78 is 4.35. The average molecular weight is 755 g/mol. The fraction of sp³-hybridized carbons (Fsp3) is 0.0536. The number of aromatic nitrogens is 2. The summed E-state index contributed by atoms with van der Waals surface area (Å²) in [5, 5.41) is 7.96. The summed E-state index contributed by atoms with van der Waals surface area (Å²) in [5.41, 5.74) is 16.5. The highest BCUT2D eigenvalue weighted by atomic mass is 16.1. The Hall–Kier alpha value is -7.49. The molecule has 0 saturated heterocycles. The van der Waals surface area contributed by atoms with Crippen LogP contribution in [0.15, 0.2) is 176 Å². The molecule has 1 aliphatic rings. The van der Waals surface area contributed by atoms with E-state index in [2.05, 4.69) is 183 Å². The van der Waals surface area contributed by atoms with Crippen LogP contribution in [0.3, 0.4) is 0 Å². The molecule has 3 nitrogen and oxygen atoms in total. The molecule has 0 aliphatic heterocycles. The van der Waals surface area contributed by atoms with Gasteiger partial charge < -0.3 is 4.57 Å². The normalized spacial score (nSPS) is 13.3. The van der Waals surface area contributed by atoms with E-state index >= 15 is 0 Å². The Labute approximate surface area is 341 Å². The van der Waals surface area contributed by atoms with Crippen LogP contribution in [0.25, 0.3) is 111 Å². The van der Waals surface area contributed by atoms with Crippen LogP contribution in [0, 0.1) is 0 Å². The number of fused-ring (bicyclic) bond motifs is 11. The van der Waals surface area contributed by atoms with E-state index < -0.39 is 0 Å². The largest absolute Gasteiger partial charge is 0.309 e. The van der Waals surface area contributed by atoms with Gasteiger partial charge in [0.25, 0.3) is 5.56 Å². The van der Waals surface area contributed by atoms with E-state index in [9.17, 15) is 4.79 Å². The van der Waals surface area contributed by atoms with Crippen molar-refractivity contribution < 1.29 is 0 Å². The lowest BCUT2D eigenvalue weighted by atomic mass is 9.82. The van der Waals surface area contributed by atoms with Gasteiger partial charge in [0.05, 0.1) is 22.1 Å². The minimum atomic E-state index is -0.0861. The van der Waals surface area contributed by atoms with Crippen LogP contribution < -0.4 is 5.56 Å². The Balaban J connectivity index is 1.04. The molecule has 3 aromatic heterocycles. The highest BCUT2D eigenvalue weighted by Gasteiger charge is 2.37. The van der Waals surface area contributed by atoms with E-state index in [1.54, 1.807) is 12.2 Å². The lowest BCUT2D eigenvalue weighted by molar-refractivity contribution is 0.661. The van der Waals surface area contributed by atoms with Gasteiger partial charge in [0, 0.05) is 49.2 Å². The van der Waals surface area contributed by atoms with E-state index in [4.69, 9.17) is 0 Å². The number of nitrogens with zero attached hydrogens (tertiary/aromatic N) is 2. The fourth-order valence-electron chi connectivity index (χ4n) is 10.4. The van der Waals surface area contributed by atoms with Crippen LogP contribution in [-0.2, 0) is 5.41 Å². The Morgan fingerprint density at radius 1 is 0.492 bits per heavy atom. The van der Waals surface area contributed by atoms with Crippen LogP contribution in [0.1, 0.15) is 36.1 Å². The number of pyridine rings is 1. The predicted octanol–water partition coefficient (Wildman–Crippen LogP) is 14.2. The Kier molecular flexibility index (Phi) is 6.85. The molecule has 0 N–H and O–H groups in total. The molecular formula is C56H38N2O. The van der Waals surface area contributed by atoms with E-state index in [0.29, 0.717) is 5.56 Å². The van der Waals surface area contributed by atoms with Gasteiger partial charge in [-0.3, -0.25) is 9.20 Å². The molecule has 3 heteroatoms. The minimum Gasteiger partial charge on any atom is -0.309 e. The lowest BCUT2D eigenvalue weighted by Gasteiger charge is -2.21. The van der Waals surface area contributed by atoms with Crippen LogP contribution in [-0.4, -0.2) is 8.97 Å². The number of benzene rings is 8. The smallest absolute Gasteiger partial charge is 0.263 e. The van der Waals surface area contributed by atoms with Gasteiger partial charge in [0.1, 0.15) is 0 Å². The van der Waals surface area contributed by atoms with Crippen molar-refractivity contribution in [3.63, 3.8) is 0 Å². The molecule has 0 atom stereocenters. The standard InChI is InChI=1S/C56H38N2O/c1-5-40-41(6-2)55(59)58-51-27-23-37(30-45(51)47-32-38(31-46(40)53(47)58)33-14-8-7-9-15-33)34-20-21-36-29-39(24-22-35(36)28-34)57-50-19-13-11-16-42(50)43-25-26-49-52(54(43)57)44-17-10-12-18-48(44)56(49,3)4/h5-32H,1-2H2,3-4H3. The van der Waals surface area contributed by atoms with Crippen molar-refractivity contribution in [1.82, 2.24) is 8.97 Å². The molecule has 0 bridgehead atoms. The predicted molar refractivity (Wildman–Crippen MR) is 250 cm³/mol. The summed E-state index contributed by atoms with van der Waals surface area (Å²) in [6, 6.07) is 57.4. The van der Waals surface area contributed by atoms with Gasteiger partial charge in [0.15, 0.2) is 0 Å². The first-order valence-corrected chi connectivity index (χ1v) is 20.3.